The highest BCUT2D eigenvalue weighted by molar-refractivity contribution is 6.39. The number of halogens is 3. The number of aromatic hydroxyl groups is 1. The van der Waals surface area contributed by atoms with Crippen molar-refractivity contribution >= 4 is 68.7 Å². The van der Waals surface area contributed by atoms with Gasteiger partial charge in [0.1, 0.15) is 0 Å². The predicted octanol–water partition coefficient (Wildman–Crippen LogP) is 8.95. The molecule has 0 aliphatic heterocycles. The van der Waals surface area contributed by atoms with E-state index >= 15 is 0 Å². The van der Waals surface area contributed by atoms with Crippen LogP contribution in [0.5, 0.6) is 5.88 Å². The Kier molecular flexibility index (Phi) is 7.65. The number of carbonyl (C=O) groups is 1. The minimum Gasteiger partial charge on any atom is -0.493 e. The van der Waals surface area contributed by atoms with Gasteiger partial charge in [-0.15, -0.1) is 10.2 Å². The van der Waals surface area contributed by atoms with E-state index in [0.717, 1.165) is 11.1 Å². The summed E-state index contributed by atoms with van der Waals surface area (Å²) in [5.74, 6) is -0.590. The third-order valence-electron chi connectivity index (χ3n) is 6.00. The van der Waals surface area contributed by atoms with Crippen LogP contribution >= 0.6 is 34.8 Å². The molecule has 0 aliphatic rings. The first kappa shape index (κ1) is 25.8. The summed E-state index contributed by atoms with van der Waals surface area (Å²) >= 11 is 18.8. The van der Waals surface area contributed by atoms with Crippen molar-refractivity contribution < 1.29 is 9.90 Å². The number of azo groups is 1. The summed E-state index contributed by atoms with van der Waals surface area (Å²) in [6.45, 7) is 0.415. The van der Waals surface area contributed by atoms with Crippen LogP contribution in [0.25, 0.3) is 10.9 Å². The molecule has 0 radical (unpaired) electrons. The number of amides is 1. The molecule has 0 unspecified atom stereocenters. The third-order valence-corrected chi connectivity index (χ3v) is 6.86. The van der Waals surface area contributed by atoms with Gasteiger partial charge in [-0.1, -0.05) is 89.4 Å². The number of aromatic nitrogens is 1. The Morgan fingerprint density at radius 1 is 0.868 bits per heavy atom. The number of hydrogen-bond donors (Lipinski definition) is 2. The van der Waals surface area contributed by atoms with Crippen LogP contribution in [0.15, 0.2) is 101 Å². The molecule has 4 aromatic carbocycles. The Labute approximate surface area is 234 Å². The average Bonchev–Trinajstić information content (AvgIpc) is 3.16. The van der Waals surface area contributed by atoms with Crippen molar-refractivity contribution in [3.05, 3.63) is 117 Å². The number of carbonyl (C=O) groups excluding carboxylic acids is 1. The van der Waals surface area contributed by atoms with Crippen LogP contribution in [0.2, 0.25) is 15.1 Å². The highest BCUT2D eigenvalue weighted by Crippen LogP contribution is 2.40. The minimum absolute atomic E-state index is 0.0288. The molecule has 0 fully saturated rings. The van der Waals surface area contributed by atoms with Gasteiger partial charge in [0, 0.05) is 16.1 Å². The molecule has 5 rings (SSSR count). The van der Waals surface area contributed by atoms with E-state index in [4.69, 9.17) is 34.8 Å². The first-order chi connectivity index (χ1) is 18.4. The van der Waals surface area contributed by atoms with Gasteiger partial charge in [-0.3, -0.25) is 4.79 Å². The molecule has 0 bridgehead atoms. The number of para-hydroxylation sites is 2. The van der Waals surface area contributed by atoms with Crippen molar-refractivity contribution in [3.63, 3.8) is 0 Å². The zero-order chi connectivity index (χ0) is 26.6. The molecule has 9 heteroatoms. The van der Waals surface area contributed by atoms with E-state index in [1.54, 1.807) is 34.9 Å². The molecule has 190 valence electrons. The first-order valence-corrected chi connectivity index (χ1v) is 12.8. The molecular weight excluding hydrogens is 543 g/mol. The van der Waals surface area contributed by atoms with E-state index < -0.39 is 5.91 Å². The van der Waals surface area contributed by atoms with Gasteiger partial charge in [-0.25, -0.2) is 0 Å². The lowest BCUT2D eigenvalue weighted by Gasteiger charge is -2.13. The van der Waals surface area contributed by atoms with Gasteiger partial charge in [0.05, 0.1) is 34.2 Å². The topological polar surface area (TPSA) is 79.0 Å². The van der Waals surface area contributed by atoms with Crippen LogP contribution in [-0.4, -0.2) is 15.6 Å². The maximum atomic E-state index is 12.9. The van der Waals surface area contributed by atoms with Crippen LogP contribution in [0.3, 0.4) is 0 Å². The molecule has 1 aromatic heterocycles. The molecule has 0 saturated heterocycles. The van der Waals surface area contributed by atoms with Crippen molar-refractivity contribution in [2.24, 2.45) is 10.2 Å². The van der Waals surface area contributed by atoms with Gasteiger partial charge in [0.15, 0.2) is 5.69 Å². The number of rotatable bonds is 7. The van der Waals surface area contributed by atoms with E-state index in [2.05, 4.69) is 15.5 Å². The molecule has 0 aliphatic carbocycles. The monoisotopic (exact) mass is 562 g/mol. The van der Waals surface area contributed by atoms with Crippen LogP contribution in [0.1, 0.15) is 11.1 Å². The smallest absolute Gasteiger partial charge is 0.269 e. The number of benzene rings is 4. The van der Waals surface area contributed by atoms with Crippen LogP contribution in [0, 0.1) is 0 Å². The second-order valence-electron chi connectivity index (χ2n) is 8.55. The van der Waals surface area contributed by atoms with Crippen molar-refractivity contribution in [3.8, 4) is 5.88 Å². The number of nitrogens with zero attached hydrogens (tertiary/aromatic N) is 3. The van der Waals surface area contributed by atoms with E-state index in [9.17, 15) is 9.90 Å². The van der Waals surface area contributed by atoms with E-state index in [1.807, 2.05) is 60.7 Å². The SMILES string of the molecule is O=C(Cc1ccccc1Nc1c(Cl)cccc1Cl)N=Nc1c(O)n(Cc2ccccc2)c2ccc(Cl)cc12. The predicted molar refractivity (Wildman–Crippen MR) is 154 cm³/mol. The fraction of sp³-hybridized carbons (Fsp3) is 0.0690. The molecule has 0 spiro atoms. The van der Waals surface area contributed by atoms with Crippen LogP contribution < -0.4 is 5.32 Å². The van der Waals surface area contributed by atoms with E-state index in [0.29, 0.717) is 43.9 Å². The van der Waals surface area contributed by atoms with E-state index in [1.165, 1.54) is 0 Å². The molecule has 2 N–H and O–H groups in total. The third kappa shape index (κ3) is 5.53. The standard InChI is InChI=1S/C29H21Cl3N4O2/c30-20-13-14-25-21(16-20)27(29(38)36(25)17-18-7-2-1-3-8-18)35-34-26(37)15-19-9-4-5-12-24(19)33-28-22(31)10-6-11-23(28)32/h1-14,16,33,38H,15,17H2. The van der Waals surface area contributed by atoms with Gasteiger partial charge in [-0.2, -0.15) is 0 Å². The molecule has 1 amide bonds. The van der Waals surface area contributed by atoms with Crippen molar-refractivity contribution in [2.75, 3.05) is 5.32 Å². The number of fused-ring (bicyclic) bond motifs is 1. The lowest BCUT2D eigenvalue weighted by molar-refractivity contribution is -0.117. The highest BCUT2D eigenvalue weighted by atomic mass is 35.5. The summed E-state index contributed by atoms with van der Waals surface area (Å²) in [5.41, 5.74) is 3.80. The lowest BCUT2D eigenvalue weighted by Crippen LogP contribution is -2.03. The minimum atomic E-state index is -0.491. The second-order valence-corrected chi connectivity index (χ2v) is 9.81. The van der Waals surface area contributed by atoms with Gasteiger partial charge in [-0.05, 0) is 47.5 Å². The Hall–Kier alpha value is -3.84. The summed E-state index contributed by atoms with van der Waals surface area (Å²) in [6.07, 6.45) is -0.0288. The Morgan fingerprint density at radius 2 is 1.58 bits per heavy atom. The van der Waals surface area contributed by atoms with Crippen LogP contribution in [0.4, 0.5) is 17.1 Å². The molecule has 0 saturated carbocycles. The molecule has 6 nitrogen and oxygen atoms in total. The first-order valence-electron chi connectivity index (χ1n) is 11.7. The summed E-state index contributed by atoms with van der Waals surface area (Å²) in [6, 6.07) is 27.5. The Bertz CT molecular complexity index is 1650. The fourth-order valence-electron chi connectivity index (χ4n) is 4.17. The molecule has 0 atom stereocenters. The number of hydrogen-bond acceptors (Lipinski definition) is 4. The zero-order valence-corrected chi connectivity index (χ0v) is 22.2. The Balaban J connectivity index is 1.42. The fourth-order valence-corrected chi connectivity index (χ4v) is 4.84. The van der Waals surface area contributed by atoms with Gasteiger partial charge in [0.2, 0.25) is 5.88 Å². The maximum absolute atomic E-state index is 12.9. The normalized spacial score (nSPS) is 11.3. The number of anilines is 2. The summed E-state index contributed by atoms with van der Waals surface area (Å²) in [4.78, 5) is 12.9. The maximum Gasteiger partial charge on any atom is 0.269 e. The average molecular weight is 564 g/mol. The van der Waals surface area contributed by atoms with Gasteiger partial charge < -0.3 is 15.0 Å². The molecular formula is C29H21Cl3N4O2. The van der Waals surface area contributed by atoms with Crippen molar-refractivity contribution in [2.45, 2.75) is 13.0 Å². The van der Waals surface area contributed by atoms with Crippen molar-refractivity contribution in [1.82, 2.24) is 4.57 Å². The highest BCUT2D eigenvalue weighted by Gasteiger charge is 2.18. The van der Waals surface area contributed by atoms with Gasteiger partial charge in [0.25, 0.3) is 5.91 Å². The van der Waals surface area contributed by atoms with Gasteiger partial charge >= 0.3 is 0 Å². The van der Waals surface area contributed by atoms with Crippen LogP contribution in [-0.2, 0) is 17.8 Å². The molecule has 38 heavy (non-hydrogen) atoms. The quantitative estimate of drug-likeness (QED) is 0.194. The largest absolute Gasteiger partial charge is 0.493 e. The molecule has 1 heterocycles. The lowest BCUT2D eigenvalue weighted by atomic mass is 10.1. The zero-order valence-electron chi connectivity index (χ0n) is 19.9. The summed E-state index contributed by atoms with van der Waals surface area (Å²) in [7, 11) is 0. The van der Waals surface area contributed by atoms with E-state index in [-0.39, 0.29) is 18.0 Å². The molecule has 5 aromatic rings. The summed E-state index contributed by atoms with van der Waals surface area (Å²) < 4.78 is 1.71. The number of nitrogens with one attached hydrogen (secondary N) is 1. The second kappa shape index (κ2) is 11.3. The van der Waals surface area contributed by atoms with Crippen molar-refractivity contribution in [1.29, 1.82) is 0 Å². The Morgan fingerprint density at radius 3 is 2.34 bits per heavy atom. The summed E-state index contributed by atoms with van der Waals surface area (Å²) in [5, 5.41) is 24.3.